The van der Waals surface area contributed by atoms with Crippen LogP contribution in [-0.2, 0) is 4.79 Å². The second-order valence-corrected chi connectivity index (χ2v) is 5.77. The van der Waals surface area contributed by atoms with Gasteiger partial charge in [-0.3, -0.25) is 9.79 Å². The number of halogens is 2. The fraction of sp³-hybridized carbons (Fsp3) is 0.273. The van der Waals surface area contributed by atoms with Crippen LogP contribution in [0.4, 0.5) is 14.5 Å². The predicted molar refractivity (Wildman–Crippen MR) is 72.2 cm³/mol. The predicted octanol–water partition coefficient (Wildman–Crippen LogP) is 2.74. The monoisotopic (exact) mass is 288 g/mol. The zero-order valence-electron chi connectivity index (χ0n) is 9.28. The molecule has 18 heavy (non-hydrogen) atoms. The van der Waals surface area contributed by atoms with Gasteiger partial charge in [0.05, 0.1) is 12.3 Å². The van der Waals surface area contributed by atoms with E-state index >= 15 is 0 Å². The van der Waals surface area contributed by atoms with Gasteiger partial charge in [0.2, 0.25) is 5.91 Å². The third-order valence-electron chi connectivity index (χ3n) is 2.09. The number of anilines is 1. The van der Waals surface area contributed by atoms with E-state index in [1.807, 2.05) is 0 Å². The van der Waals surface area contributed by atoms with Gasteiger partial charge in [-0.15, -0.1) is 0 Å². The SMILES string of the molecule is O=C(CSC1=NCCS1)Nc1ccc(F)c(F)c1. The summed E-state index contributed by atoms with van der Waals surface area (Å²) in [6, 6.07) is 3.26. The average molecular weight is 288 g/mol. The van der Waals surface area contributed by atoms with Crippen LogP contribution in [0.15, 0.2) is 23.2 Å². The van der Waals surface area contributed by atoms with Crippen LogP contribution >= 0.6 is 23.5 Å². The summed E-state index contributed by atoms with van der Waals surface area (Å²) in [5.74, 6) is -1.01. The summed E-state index contributed by atoms with van der Waals surface area (Å²) < 4.78 is 26.5. The van der Waals surface area contributed by atoms with Crippen molar-refractivity contribution < 1.29 is 13.6 Å². The lowest BCUT2D eigenvalue weighted by Crippen LogP contribution is -2.15. The maximum atomic E-state index is 12.9. The maximum Gasteiger partial charge on any atom is 0.234 e. The molecule has 1 aliphatic rings. The molecule has 0 unspecified atom stereocenters. The standard InChI is InChI=1S/C11H10F2N2OS2/c12-8-2-1-7(5-9(8)13)15-10(16)6-18-11-14-3-4-17-11/h1-2,5H,3-4,6H2,(H,15,16). The summed E-state index contributed by atoms with van der Waals surface area (Å²) >= 11 is 2.97. The molecule has 0 saturated carbocycles. The number of rotatable bonds is 3. The Morgan fingerprint density at radius 2 is 2.28 bits per heavy atom. The van der Waals surface area contributed by atoms with Crippen molar-refractivity contribution in [1.29, 1.82) is 0 Å². The quantitative estimate of drug-likeness (QED) is 0.930. The van der Waals surface area contributed by atoms with E-state index in [1.165, 1.54) is 17.8 Å². The molecule has 96 valence electrons. The lowest BCUT2D eigenvalue weighted by atomic mass is 10.3. The van der Waals surface area contributed by atoms with Gasteiger partial charge in [-0.1, -0.05) is 23.5 Å². The highest BCUT2D eigenvalue weighted by Gasteiger charge is 2.11. The highest BCUT2D eigenvalue weighted by molar-refractivity contribution is 8.39. The molecule has 0 spiro atoms. The Bertz CT molecular complexity index is 494. The number of thioether (sulfide) groups is 2. The molecule has 0 aromatic heterocycles. The summed E-state index contributed by atoms with van der Waals surface area (Å²) in [5.41, 5.74) is 0.250. The molecule has 0 bridgehead atoms. The van der Waals surface area contributed by atoms with Gasteiger partial charge in [-0.05, 0) is 12.1 Å². The molecule has 1 aromatic rings. The normalized spacial score (nSPS) is 14.4. The van der Waals surface area contributed by atoms with Gasteiger partial charge in [0.25, 0.3) is 0 Å². The molecule has 7 heteroatoms. The molecule has 1 aromatic carbocycles. The molecule has 0 atom stereocenters. The van der Waals surface area contributed by atoms with Crippen LogP contribution in [0.3, 0.4) is 0 Å². The van der Waals surface area contributed by atoms with Gasteiger partial charge in [0.15, 0.2) is 11.6 Å². The van der Waals surface area contributed by atoms with Crippen molar-refractivity contribution in [2.45, 2.75) is 0 Å². The van der Waals surface area contributed by atoms with Gasteiger partial charge in [0.1, 0.15) is 4.38 Å². The summed E-state index contributed by atoms with van der Waals surface area (Å²) in [5, 5.41) is 2.50. The van der Waals surface area contributed by atoms with Crippen LogP contribution in [0.25, 0.3) is 0 Å². The molecule has 1 amide bonds. The largest absolute Gasteiger partial charge is 0.325 e. The highest BCUT2D eigenvalue weighted by atomic mass is 32.2. The second-order valence-electron chi connectivity index (χ2n) is 3.46. The lowest BCUT2D eigenvalue weighted by Gasteiger charge is -2.05. The summed E-state index contributed by atoms with van der Waals surface area (Å²) in [7, 11) is 0. The minimum absolute atomic E-state index is 0.213. The van der Waals surface area contributed by atoms with Crippen LogP contribution in [0.2, 0.25) is 0 Å². The van der Waals surface area contributed by atoms with Gasteiger partial charge in [-0.2, -0.15) is 0 Å². The van der Waals surface area contributed by atoms with Crippen molar-refractivity contribution in [2.75, 3.05) is 23.4 Å². The third kappa shape index (κ3) is 3.71. The molecule has 0 saturated heterocycles. The van der Waals surface area contributed by atoms with E-state index in [1.54, 1.807) is 11.8 Å². The van der Waals surface area contributed by atoms with Crippen molar-refractivity contribution in [2.24, 2.45) is 4.99 Å². The number of nitrogens with zero attached hydrogens (tertiary/aromatic N) is 1. The number of aliphatic imine (C=N–C) groups is 1. The van der Waals surface area contributed by atoms with Crippen molar-refractivity contribution >= 4 is 39.5 Å². The smallest absolute Gasteiger partial charge is 0.234 e. The zero-order chi connectivity index (χ0) is 13.0. The number of carbonyl (C=O) groups excluding carboxylic acids is 1. The number of amides is 1. The molecule has 1 N–H and O–H groups in total. The minimum Gasteiger partial charge on any atom is -0.325 e. The second kappa shape index (κ2) is 6.19. The molecule has 2 rings (SSSR count). The Labute approximate surface area is 111 Å². The van der Waals surface area contributed by atoms with Crippen LogP contribution in [0, 0.1) is 11.6 Å². The average Bonchev–Trinajstić information content (AvgIpc) is 2.84. The van der Waals surface area contributed by atoms with Crippen LogP contribution in [0.1, 0.15) is 0 Å². The number of benzene rings is 1. The van der Waals surface area contributed by atoms with Gasteiger partial charge in [0, 0.05) is 17.5 Å². The van der Waals surface area contributed by atoms with Crippen molar-refractivity contribution in [3.05, 3.63) is 29.8 Å². The minimum atomic E-state index is -0.976. The van der Waals surface area contributed by atoms with E-state index in [2.05, 4.69) is 10.3 Å². The van der Waals surface area contributed by atoms with E-state index in [0.29, 0.717) is 0 Å². The number of nitrogens with one attached hydrogen (secondary N) is 1. The van der Waals surface area contributed by atoms with Crippen LogP contribution in [-0.4, -0.2) is 28.3 Å². The Morgan fingerprint density at radius 3 is 2.94 bits per heavy atom. The molecular formula is C11H10F2N2OS2. The maximum absolute atomic E-state index is 12.9. The van der Waals surface area contributed by atoms with E-state index in [9.17, 15) is 13.6 Å². The molecule has 3 nitrogen and oxygen atoms in total. The third-order valence-corrected chi connectivity index (χ3v) is 4.34. The fourth-order valence-electron chi connectivity index (χ4n) is 1.30. The molecular weight excluding hydrogens is 278 g/mol. The van der Waals surface area contributed by atoms with Crippen LogP contribution in [0.5, 0.6) is 0 Å². The van der Waals surface area contributed by atoms with Crippen molar-refractivity contribution in [1.82, 2.24) is 0 Å². The van der Waals surface area contributed by atoms with Gasteiger partial charge in [-0.25, -0.2) is 8.78 Å². The first kappa shape index (κ1) is 13.4. The molecule has 0 radical (unpaired) electrons. The van der Waals surface area contributed by atoms with E-state index in [-0.39, 0.29) is 17.3 Å². The number of carbonyl (C=O) groups is 1. The van der Waals surface area contributed by atoms with Gasteiger partial charge < -0.3 is 5.32 Å². The Hall–Kier alpha value is -1.08. The molecule has 0 aliphatic carbocycles. The summed E-state index contributed by atoms with van der Waals surface area (Å²) in [4.78, 5) is 15.7. The first-order valence-electron chi connectivity index (χ1n) is 5.20. The van der Waals surface area contributed by atoms with E-state index in [4.69, 9.17) is 0 Å². The molecule has 0 fully saturated rings. The lowest BCUT2D eigenvalue weighted by molar-refractivity contribution is -0.113. The van der Waals surface area contributed by atoms with E-state index in [0.717, 1.165) is 28.8 Å². The van der Waals surface area contributed by atoms with Crippen molar-refractivity contribution in [3.63, 3.8) is 0 Å². The Morgan fingerprint density at radius 1 is 1.44 bits per heavy atom. The number of hydrogen-bond acceptors (Lipinski definition) is 4. The first-order chi connectivity index (χ1) is 8.65. The summed E-state index contributed by atoms with van der Waals surface area (Å²) in [6.45, 7) is 0.789. The van der Waals surface area contributed by atoms with Gasteiger partial charge >= 0.3 is 0 Å². The Kier molecular flexibility index (Phi) is 4.60. The van der Waals surface area contributed by atoms with E-state index < -0.39 is 11.6 Å². The molecule has 1 heterocycles. The van der Waals surface area contributed by atoms with Crippen molar-refractivity contribution in [3.8, 4) is 0 Å². The summed E-state index contributed by atoms with van der Waals surface area (Å²) in [6.07, 6.45) is 0. The first-order valence-corrected chi connectivity index (χ1v) is 7.17. The van der Waals surface area contributed by atoms with Crippen LogP contribution < -0.4 is 5.32 Å². The topological polar surface area (TPSA) is 41.5 Å². The fourth-order valence-corrected chi connectivity index (χ4v) is 3.11. The zero-order valence-corrected chi connectivity index (χ0v) is 10.9. The Balaban J connectivity index is 1.84. The highest BCUT2D eigenvalue weighted by Crippen LogP contribution is 2.22. The number of hydrogen-bond donors (Lipinski definition) is 1. The molecule has 1 aliphatic heterocycles.